The molecular formula is C15H21Br. The van der Waals surface area contributed by atoms with Crippen LogP contribution >= 0.6 is 15.9 Å². The molecule has 0 bridgehead atoms. The van der Waals surface area contributed by atoms with Crippen molar-refractivity contribution >= 4 is 15.9 Å². The molecule has 0 saturated carbocycles. The van der Waals surface area contributed by atoms with Gasteiger partial charge in [0.05, 0.1) is 0 Å². The summed E-state index contributed by atoms with van der Waals surface area (Å²) in [5.41, 5.74) is 5.72. The van der Waals surface area contributed by atoms with Crippen LogP contribution in [-0.4, -0.2) is 0 Å². The monoisotopic (exact) mass is 280 g/mol. The second kappa shape index (κ2) is 6.24. The Hall–Kier alpha value is -0.560. The maximum absolute atomic E-state index is 3.68. The Balaban J connectivity index is 2.92. The van der Waals surface area contributed by atoms with E-state index in [2.05, 4.69) is 61.9 Å². The molecular weight excluding hydrogens is 260 g/mol. The van der Waals surface area contributed by atoms with E-state index in [0.717, 1.165) is 6.42 Å². The van der Waals surface area contributed by atoms with Crippen LogP contribution < -0.4 is 0 Å². The first-order chi connectivity index (χ1) is 7.54. The van der Waals surface area contributed by atoms with Crippen LogP contribution in [0.3, 0.4) is 0 Å². The summed E-state index contributed by atoms with van der Waals surface area (Å²) in [5, 5.41) is 0. The first-order valence-corrected chi connectivity index (χ1v) is 6.74. The van der Waals surface area contributed by atoms with Crippen LogP contribution in [0.25, 0.3) is 0 Å². The number of allylic oxidation sites excluding steroid dienone is 8. The predicted molar refractivity (Wildman–Crippen MR) is 76.7 cm³/mol. The van der Waals surface area contributed by atoms with Crippen molar-refractivity contribution in [2.24, 2.45) is 0 Å². The summed E-state index contributed by atoms with van der Waals surface area (Å²) in [6.07, 6.45) is 10.2. The highest BCUT2D eigenvalue weighted by molar-refractivity contribution is 9.11. The first kappa shape index (κ1) is 13.5. The summed E-state index contributed by atoms with van der Waals surface area (Å²) < 4.78 is 1.23. The zero-order chi connectivity index (χ0) is 12.1. The van der Waals surface area contributed by atoms with Gasteiger partial charge in [-0.05, 0) is 57.3 Å². The number of hydrogen-bond acceptors (Lipinski definition) is 0. The Bertz CT molecular complexity index is 378. The van der Waals surface area contributed by atoms with E-state index < -0.39 is 0 Å². The van der Waals surface area contributed by atoms with Crippen molar-refractivity contribution in [3.05, 3.63) is 45.0 Å². The van der Waals surface area contributed by atoms with Crippen LogP contribution in [0.15, 0.2) is 45.0 Å². The molecule has 0 N–H and O–H groups in total. The van der Waals surface area contributed by atoms with Crippen molar-refractivity contribution in [1.29, 1.82) is 0 Å². The zero-order valence-electron chi connectivity index (χ0n) is 10.7. The van der Waals surface area contributed by atoms with Crippen LogP contribution in [0, 0.1) is 0 Å². The fraction of sp³-hybridized carbons (Fsp3) is 0.467. The Labute approximate surface area is 108 Å². The van der Waals surface area contributed by atoms with Gasteiger partial charge in [0.15, 0.2) is 0 Å². The molecule has 88 valence electrons. The zero-order valence-corrected chi connectivity index (χ0v) is 12.3. The molecule has 0 radical (unpaired) electrons. The second-order valence-electron chi connectivity index (χ2n) is 4.52. The third-order valence-electron chi connectivity index (χ3n) is 3.13. The molecule has 0 atom stereocenters. The molecule has 1 aliphatic carbocycles. The van der Waals surface area contributed by atoms with E-state index in [0.29, 0.717) is 0 Å². The molecule has 0 aromatic carbocycles. The van der Waals surface area contributed by atoms with Crippen LogP contribution in [-0.2, 0) is 0 Å². The molecule has 1 heteroatoms. The van der Waals surface area contributed by atoms with Gasteiger partial charge in [0, 0.05) is 4.48 Å². The summed E-state index contributed by atoms with van der Waals surface area (Å²) in [5.74, 6) is 0. The number of hydrogen-bond donors (Lipinski definition) is 0. The molecule has 0 unspecified atom stereocenters. The standard InChI is InChI=1S/C15H21Br/c1-5-11(2)10-15(16)13(4)14-8-6-12(3)7-9-14/h6,8,10H,5,7,9H2,1-4H3/b11-10+,15-13-. The molecule has 0 amide bonds. The lowest BCUT2D eigenvalue weighted by molar-refractivity contribution is 0.911. The van der Waals surface area contributed by atoms with Gasteiger partial charge in [-0.1, -0.05) is 46.2 Å². The molecule has 0 nitrogen and oxygen atoms in total. The summed E-state index contributed by atoms with van der Waals surface area (Å²) in [6.45, 7) is 8.76. The summed E-state index contributed by atoms with van der Waals surface area (Å²) >= 11 is 3.68. The van der Waals surface area contributed by atoms with Gasteiger partial charge in [-0.3, -0.25) is 0 Å². The lowest BCUT2D eigenvalue weighted by Gasteiger charge is -2.13. The van der Waals surface area contributed by atoms with E-state index in [4.69, 9.17) is 0 Å². The summed E-state index contributed by atoms with van der Waals surface area (Å²) in [7, 11) is 0. The maximum Gasteiger partial charge on any atom is 0.0206 e. The van der Waals surface area contributed by atoms with Crippen LogP contribution in [0.5, 0.6) is 0 Å². The van der Waals surface area contributed by atoms with Gasteiger partial charge in [-0.15, -0.1) is 0 Å². The smallest absolute Gasteiger partial charge is 0.0206 e. The minimum atomic E-state index is 1.11. The molecule has 0 fully saturated rings. The summed E-state index contributed by atoms with van der Waals surface area (Å²) in [6, 6.07) is 0. The fourth-order valence-electron chi connectivity index (χ4n) is 1.63. The van der Waals surface area contributed by atoms with Crippen molar-refractivity contribution in [2.45, 2.75) is 47.0 Å². The normalized spacial score (nSPS) is 18.9. The average Bonchev–Trinajstić information content (AvgIpc) is 2.28. The van der Waals surface area contributed by atoms with Gasteiger partial charge < -0.3 is 0 Å². The minimum absolute atomic E-state index is 1.11. The molecule has 16 heavy (non-hydrogen) atoms. The van der Waals surface area contributed by atoms with Gasteiger partial charge in [-0.2, -0.15) is 0 Å². The third-order valence-corrected chi connectivity index (χ3v) is 3.95. The molecule has 1 aliphatic rings. The van der Waals surface area contributed by atoms with E-state index in [1.165, 1.54) is 39.6 Å². The van der Waals surface area contributed by atoms with Gasteiger partial charge in [-0.25, -0.2) is 0 Å². The fourth-order valence-corrected chi connectivity index (χ4v) is 2.28. The molecule has 0 aliphatic heterocycles. The van der Waals surface area contributed by atoms with Crippen molar-refractivity contribution < 1.29 is 0 Å². The van der Waals surface area contributed by atoms with Gasteiger partial charge >= 0.3 is 0 Å². The van der Waals surface area contributed by atoms with Crippen LogP contribution in [0.2, 0.25) is 0 Å². The first-order valence-electron chi connectivity index (χ1n) is 5.94. The lowest BCUT2D eigenvalue weighted by atomic mass is 9.94. The maximum atomic E-state index is 3.68. The average molecular weight is 281 g/mol. The Morgan fingerprint density at radius 3 is 2.50 bits per heavy atom. The van der Waals surface area contributed by atoms with E-state index in [1.54, 1.807) is 0 Å². The van der Waals surface area contributed by atoms with Gasteiger partial charge in [0.2, 0.25) is 0 Å². The van der Waals surface area contributed by atoms with E-state index in [1.807, 2.05) is 0 Å². The van der Waals surface area contributed by atoms with Crippen LogP contribution in [0.1, 0.15) is 47.0 Å². The number of rotatable bonds is 3. The molecule has 0 aromatic rings. The topological polar surface area (TPSA) is 0 Å². The largest absolute Gasteiger partial charge is 0.0730 e. The molecule has 0 aromatic heterocycles. The highest BCUT2D eigenvalue weighted by Gasteiger charge is 2.07. The Kier molecular flexibility index (Phi) is 5.27. The highest BCUT2D eigenvalue weighted by Crippen LogP contribution is 2.28. The van der Waals surface area contributed by atoms with Crippen molar-refractivity contribution in [3.8, 4) is 0 Å². The van der Waals surface area contributed by atoms with E-state index in [9.17, 15) is 0 Å². The Morgan fingerprint density at radius 2 is 2.00 bits per heavy atom. The third kappa shape index (κ3) is 3.79. The van der Waals surface area contributed by atoms with Crippen molar-refractivity contribution in [2.75, 3.05) is 0 Å². The van der Waals surface area contributed by atoms with Crippen molar-refractivity contribution in [1.82, 2.24) is 0 Å². The molecule has 0 saturated heterocycles. The lowest BCUT2D eigenvalue weighted by Crippen LogP contribution is -1.94. The molecule has 0 spiro atoms. The number of halogens is 1. The highest BCUT2D eigenvalue weighted by atomic mass is 79.9. The van der Waals surface area contributed by atoms with Crippen molar-refractivity contribution in [3.63, 3.8) is 0 Å². The molecule has 1 rings (SSSR count). The van der Waals surface area contributed by atoms with Gasteiger partial charge in [0.25, 0.3) is 0 Å². The predicted octanol–water partition coefficient (Wildman–Crippen LogP) is 5.68. The minimum Gasteiger partial charge on any atom is -0.0730 e. The van der Waals surface area contributed by atoms with E-state index >= 15 is 0 Å². The van der Waals surface area contributed by atoms with Gasteiger partial charge in [0.1, 0.15) is 0 Å². The van der Waals surface area contributed by atoms with Crippen LogP contribution in [0.4, 0.5) is 0 Å². The second-order valence-corrected chi connectivity index (χ2v) is 5.38. The Morgan fingerprint density at radius 1 is 1.31 bits per heavy atom. The summed E-state index contributed by atoms with van der Waals surface area (Å²) in [4.78, 5) is 0. The SMILES string of the molecule is CC/C(C)=C/C(Br)=C(\C)C1=CC=C(C)CC1. The quantitative estimate of drug-likeness (QED) is 0.584. The van der Waals surface area contributed by atoms with E-state index in [-0.39, 0.29) is 0 Å². The molecule has 0 heterocycles.